The molecule has 3 aliphatic rings. The molecule has 2 aromatic rings. The van der Waals surface area contributed by atoms with E-state index in [0.29, 0.717) is 28.1 Å². The van der Waals surface area contributed by atoms with Gasteiger partial charge in [-0.25, -0.2) is 0 Å². The molecule has 2 heterocycles. The molecule has 0 bridgehead atoms. The second kappa shape index (κ2) is 11.8. The van der Waals surface area contributed by atoms with E-state index in [1.165, 1.54) is 19.3 Å². The Kier molecular flexibility index (Phi) is 8.61. The number of hydrogen-bond donors (Lipinski definition) is 0. The molecule has 5 nitrogen and oxygen atoms in total. The van der Waals surface area contributed by atoms with E-state index in [-0.39, 0.29) is 23.3 Å². The molecule has 2 aromatic carbocycles. The summed E-state index contributed by atoms with van der Waals surface area (Å²) in [6.07, 6.45) is 7.44. The van der Waals surface area contributed by atoms with Crippen LogP contribution < -0.4 is 0 Å². The molecule has 7 heteroatoms. The van der Waals surface area contributed by atoms with Gasteiger partial charge in [-0.2, -0.15) is 0 Å². The monoisotopic (exact) mass is 569 g/mol. The molecule has 1 unspecified atom stereocenters. The lowest BCUT2D eigenvalue weighted by Crippen LogP contribution is -2.54. The molecular formula is C32H41Cl2N3O2. The summed E-state index contributed by atoms with van der Waals surface area (Å²) < 4.78 is 0. The fraction of sp³-hybridized carbons (Fsp3) is 0.562. The van der Waals surface area contributed by atoms with Gasteiger partial charge < -0.3 is 9.80 Å². The van der Waals surface area contributed by atoms with Crippen LogP contribution in [-0.2, 0) is 11.2 Å². The number of amides is 2. The molecule has 0 N–H and O–H groups in total. The summed E-state index contributed by atoms with van der Waals surface area (Å²) >= 11 is 13.5. The second-order valence-corrected chi connectivity index (χ2v) is 13.3. The van der Waals surface area contributed by atoms with Crippen molar-refractivity contribution in [2.24, 2.45) is 5.92 Å². The number of carbonyl (C=O) groups is 2. The molecular weight excluding hydrogens is 529 g/mol. The molecule has 1 aliphatic carbocycles. The van der Waals surface area contributed by atoms with E-state index in [0.717, 1.165) is 68.7 Å². The Balaban J connectivity index is 1.23. The average Bonchev–Trinajstić information content (AvgIpc) is 3.30. The van der Waals surface area contributed by atoms with Crippen molar-refractivity contribution < 1.29 is 9.59 Å². The van der Waals surface area contributed by atoms with Crippen LogP contribution in [0.25, 0.3) is 11.1 Å². The molecule has 1 atom stereocenters. The highest BCUT2D eigenvalue weighted by atomic mass is 35.5. The maximum atomic E-state index is 13.2. The van der Waals surface area contributed by atoms with Crippen molar-refractivity contribution in [1.29, 1.82) is 0 Å². The van der Waals surface area contributed by atoms with Crippen LogP contribution in [0.4, 0.5) is 0 Å². The highest BCUT2D eigenvalue weighted by Crippen LogP contribution is 2.36. The van der Waals surface area contributed by atoms with Gasteiger partial charge >= 0.3 is 0 Å². The summed E-state index contributed by atoms with van der Waals surface area (Å²) in [6, 6.07) is 12.0. The van der Waals surface area contributed by atoms with Gasteiger partial charge in [0, 0.05) is 65.8 Å². The van der Waals surface area contributed by atoms with Crippen LogP contribution in [0.3, 0.4) is 0 Å². The molecule has 2 saturated heterocycles. The van der Waals surface area contributed by atoms with Crippen LogP contribution in [-0.4, -0.2) is 70.8 Å². The molecule has 0 spiro atoms. The van der Waals surface area contributed by atoms with Gasteiger partial charge in [-0.1, -0.05) is 54.6 Å². The van der Waals surface area contributed by atoms with Crippen molar-refractivity contribution in [2.75, 3.05) is 32.7 Å². The molecule has 1 saturated carbocycles. The number of hydrogen-bond acceptors (Lipinski definition) is 3. The first-order valence-corrected chi connectivity index (χ1v) is 15.3. The van der Waals surface area contributed by atoms with E-state index in [9.17, 15) is 9.59 Å². The van der Waals surface area contributed by atoms with Crippen LogP contribution in [0.15, 0.2) is 36.4 Å². The number of piperazine rings is 1. The van der Waals surface area contributed by atoms with E-state index in [1.807, 2.05) is 41.3 Å². The average molecular weight is 571 g/mol. The summed E-state index contributed by atoms with van der Waals surface area (Å²) in [4.78, 5) is 32.8. The molecule has 2 aliphatic heterocycles. The van der Waals surface area contributed by atoms with Gasteiger partial charge in [0.05, 0.1) is 0 Å². The van der Waals surface area contributed by atoms with Gasteiger partial charge in [0.25, 0.3) is 5.91 Å². The summed E-state index contributed by atoms with van der Waals surface area (Å²) in [6.45, 7) is 10.8. The molecule has 210 valence electrons. The van der Waals surface area contributed by atoms with Gasteiger partial charge in [-0.3, -0.25) is 14.5 Å². The zero-order valence-corrected chi connectivity index (χ0v) is 25.0. The van der Waals surface area contributed by atoms with Crippen LogP contribution in [0, 0.1) is 5.92 Å². The van der Waals surface area contributed by atoms with Crippen molar-refractivity contribution >= 4 is 35.0 Å². The van der Waals surface area contributed by atoms with Gasteiger partial charge in [-0.15, -0.1) is 0 Å². The van der Waals surface area contributed by atoms with Gasteiger partial charge in [0.2, 0.25) is 5.91 Å². The third-order valence-electron chi connectivity index (χ3n) is 8.94. The Bertz CT molecular complexity index is 1170. The maximum Gasteiger partial charge on any atom is 0.253 e. The highest BCUT2D eigenvalue weighted by Gasteiger charge is 2.37. The summed E-state index contributed by atoms with van der Waals surface area (Å²) in [5.74, 6) is 0.284. The molecule has 5 rings (SSSR count). The lowest BCUT2D eigenvalue weighted by molar-refractivity contribution is -0.133. The minimum Gasteiger partial charge on any atom is -0.339 e. The summed E-state index contributed by atoms with van der Waals surface area (Å²) in [7, 11) is 0. The number of rotatable bonds is 5. The molecule has 0 aromatic heterocycles. The third-order valence-corrected chi connectivity index (χ3v) is 9.61. The molecule has 3 fully saturated rings. The molecule has 0 radical (unpaired) electrons. The third kappa shape index (κ3) is 6.31. The van der Waals surface area contributed by atoms with Gasteiger partial charge in [-0.05, 0) is 87.4 Å². The van der Waals surface area contributed by atoms with Crippen LogP contribution in [0.2, 0.25) is 10.0 Å². The fourth-order valence-corrected chi connectivity index (χ4v) is 7.13. The van der Waals surface area contributed by atoms with Crippen LogP contribution in [0.1, 0.15) is 75.2 Å². The summed E-state index contributed by atoms with van der Waals surface area (Å²) in [5, 5.41) is 1.19. The number of likely N-dealkylation sites (tertiary alicyclic amines) is 1. The SMILES string of the molecule is CC(C)(C)N1CCN(C(=O)c2ccc(-c3cc(Cl)c(CC4CCN(C5CCCCC5)C4=O)c(Cl)c3)cc2)CC1. The van der Waals surface area contributed by atoms with E-state index < -0.39 is 0 Å². The predicted octanol–water partition coefficient (Wildman–Crippen LogP) is 6.94. The van der Waals surface area contributed by atoms with Crippen molar-refractivity contribution in [3.63, 3.8) is 0 Å². The Morgan fingerprint density at radius 1 is 0.846 bits per heavy atom. The number of carbonyl (C=O) groups excluding carboxylic acids is 2. The van der Waals surface area contributed by atoms with Crippen LogP contribution in [0.5, 0.6) is 0 Å². The second-order valence-electron chi connectivity index (χ2n) is 12.5. The first kappa shape index (κ1) is 28.4. The van der Waals surface area contributed by atoms with Gasteiger partial charge in [0.15, 0.2) is 0 Å². The Morgan fingerprint density at radius 2 is 1.46 bits per heavy atom. The maximum absolute atomic E-state index is 13.2. The van der Waals surface area contributed by atoms with Crippen molar-refractivity contribution in [2.45, 2.75) is 77.3 Å². The zero-order valence-electron chi connectivity index (χ0n) is 23.5. The van der Waals surface area contributed by atoms with Crippen molar-refractivity contribution in [1.82, 2.24) is 14.7 Å². The van der Waals surface area contributed by atoms with E-state index >= 15 is 0 Å². The Hall–Kier alpha value is -2.08. The lowest BCUT2D eigenvalue weighted by atomic mass is 9.93. The first-order chi connectivity index (χ1) is 18.6. The zero-order chi connectivity index (χ0) is 27.7. The number of halogens is 2. The smallest absolute Gasteiger partial charge is 0.253 e. The quantitative estimate of drug-likeness (QED) is 0.391. The van der Waals surface area contributed by atoms with Crippen molar-refractivity contribution in [3.05, 3.63) is 57.6 Å². The minimum absolute atomic E-state index is 0.0525. The van der Waals surface area contributed by atoms with Crippen LogP contribution >= 0.6 is 23.2 Å². The van der Waals surface area contributed by atoms with Crippen molar-refractivity contribution in [3.8, 4) is 11.1 Å². The topological polar surface area (TPSA) is 43.9 Å². The highest BCUT2D eigenvalue weighted by molar-refractivity contribution is 6.36. The standard InChI is InChI=1S/C32H41Cl2N3O2/c1-32(2,3)36-17-15-35(16-18-36)30(38)23-11-9-22(10-12-23)25-20-28(33)27(29(34)21-25)19-24-13-14-37(31(24)39)26-7-5-4-6-8-26/h9-12,20-21,24,26H,4-8,13-19H2,1-3H3. The molecule has 39 heavy (non-hydrogen) atoms. The van der Waals surface area contributed by atoms with E-state index in [1.54, 1.807) is 0 Å². The van der Waals surface area contributed by atoms with E-state index in [2.05, 4.69) is 30.6 Å². The first-order valence-electron chi connectivity index (χ1n) is 14.5. The lowest BCUT2D eigenvalue weighted by Gasteiger charge is -2.42. The fourth-order valence-electron chi connectivity index (χ4n) is 6.49. The van der Waals surface area contributed by atoms with Gasteiger partial charge in [0.1, 0.15) is 0 Å². The Morgan fingerprint density at radius 3 is 2.05 bits per heavy atom. The predicted molar refractivity (Wildman–Crippen MR) is 160 cm³/mol. The minimum atomic E-state index is -0.0525. The largest absolute Gasteiger partial charge is 0.339 e. The normalized spacial score (nSPS) is 21.6. The Labute approximate surface area is 243 Å². The number of benzene rings is 2. The molecule has 2 amide bonds. The van der Waals surface area contributed by atoms with E-state index in [4.69, 9.17) is 23.2 Å². The summed E-state index contributed by atoms with van der Waals surface area (Å²) in [5.41, 5.74) is 3.54. The number of nitrogens with zero attached hydrogens (tertiary/aromatic N) is 3.